The van der Waals surface area contributed by atoms with Crippen molar-refractivity contribution < 1.29 is 35.1 Å². The van der Waals surface area contributed by atoms with Gasteiger partial charge in [0.1, 0.15) is 5.75 Å². The molecule has 22 heavy (non-hydrogen) atoms. The predicted molar refractivity (Wildman–Crippen MR) is 76.2 cm³/mol. The number of carboxylic acid groups (broad SMARTS) is 2. The van der Waals surface area contributed by atoms with Crippen LogP contribution in [-0.4, -0.2) is 42.5 Å². The van der Waals surface area contributed by atoms with E-state index in [0.717, 1.165) is 0 Å². The highest BCUT2D eigenvalue weighted by molar-refractivity contribution is 5.67. The topological polar surface area (TPSA) is 148 Å². The van der Waals surface area contributed by atoms with E-state index < -0.39 is 11.9 Å². The normalized spacial score (nSPS) is 9.77. The monoisotopic (exact) mass is 315 g/mol. The van der Waals surface area contributed by atoms with Crippen LogP contribution in [0.4, 0.5) is 0 Å². The molecule has 0 bridgehead atoms. The number of carboxylic acids is 2. The third-order valence-electron chi connectivity index (χ3n) is 2.79. The first-order valence-electron chi connectivity index (χ1n) is 6.65. The van der Waals surface area contributed by atoms with E-state index in [0.29, 0.717) is 29.7 Å². The summed E-state index contributed by atoms with van der Waals surface area (Å²) in [4.78, 5) is 23.6. The van der Waals surface area contributed by atoms with Crippen molar-refractivity contribution in [2.45, 2.75) is 45.8 Å². The van der Waals surface area contributed by atoms with Crippen LogP contribution in [0.5, 0.6) is 5.75 Å². The largest absolute Gasteiger partial charge is 0.506 e. The third kappa shape index (κ3) is 7.55. The zero-order valence-electron chi connectivity index (χ0n) is 12.3. The van der Waals surface area contributed by atoms with Crippen LogP contribution in [0.3, 0.4) is 0 Å². The van der Waals surface area contributed by atoms with Crippen molar-refractivity contribution in [2.24, 2.45) is 0 Å². The maximum absolute atomic E-state index is 9.90. The summed E-state index contributed by atoms with van der Waals surface area (Å²) >= 11 is 0. The fourth-order valence-electron chi connectivity index (χ4n) is 1.55. The number of unbranched alkanes of at least 4 members (excludes halogenated alkanes) is 1. The van der Waals surface area contributed by atoms with Gasteiger partial charge in [-0.2, -0.15) is 0 Å². The van der Waals surface area contributed by atoms with Crippen LogP contribution in [0, 0.1) is 6.92 Å². The van der Waals surface area contributed by atoms with Gasteiger partial charge in [-0.25, -0.2) is 0 Å². The van der Waals surface area contributed by atoms with E-state index in [1.54, 1.807) is 6.92 Å². The zero-order valence-corrected chi connectivity index (χ0v) is 12.3. The molecule has 0 aliphatic heterocycles. The number of aliphatic hydroxyl groups is 2. The summed E-state index contributed by atoms with van der Waals surface area (Å²) < 4.78 is 0. The van der Waals surface area contributed by atoms with Gasteiger partial charge in [0.15, 0.2) is 0 Å². The van der Waals surface area contributed by atoms with Gasteiger partial charge >= 0.3 is 11.9 Å². The summed E-state index contributed by atoms with van der Waals surface area (Å²) in [6.45, 7) is 1.12. The van der Waals surface area contributed by atoms with Gasteiger partial charge in [-0.05, 0) is 19.8 Å². The van der Waals surface area contributed by atoms with Crippen LogP contribution < -0.4 is 0 Å². The standard InChI is InChI=1S/C8H11NO3.C6H10O4/c1-5-8(12)7(4-11)6(3-10)2-9-5;7-5(8)3-1-2-4-6(9)10/h2,10-12H,3-4H2,1H3;1-4H2,(H,7,8)(H,9,10). The highest BCUT2D eigenvalue weighted by Gasteiger charge is 2.09. The second kappa shape index (κ2) is 10.5. The minimum absolute atomic E-state index is 0.0379. The number of hydrogen-bond acceptors (Lipinski definition) is 6. The molecule has 0 atom stereocenters. The lowest BCUT2D eigenvalue weighted by Gasteiger charge is -2.07. The highest BCUT2D eigenvalue weighted by atomic mass is 16.4. The molecule has 5 N–H and O–H groups in total. The van der Waals surface area contributed by atoms with Crippen LogP contribution in [0.25, 0.3) is 0 Å². The molecule has 0 aliphatic rings. The van der Waals surface area contributed by atoms with E-state index in [-0.39, 0.29) is 31.8 Å². The van der Waals surface area contributed by atoms with Crippen molar-refractivity contribution in [2.75, 3.05) is 0 Å². The lowest BCUT2D eigenvalue weighted by Crippen LogP contribution is -1.98. The SMILES string of the molecule is Cc1ncc(CO)c(CO)c1O.O=C(O)CCCCC(=O)O. The van der Waals surface area contributed by atoms with E-state index >= 15 is 0 Å². The number of hydrogen-bond donors (Lipinski definition) is 5. The van der Waals surface area contributed by atoms with Crippen molar-refractivity contribution in [3.63, 3.8) is 0 Å². The molecule has 8 heteroatoms. The van der Waals surface area contributed by atoms with Crippen molar-refractivity contribution in [3.05, 3.63) is 23.0 Å². The van der Waals surface area contributed by atoms with Gasteiger partial charge in [-0.3, -0.25) is 14.6 Å². The zero-order chi connectivity index (χ0) is 17.1. The quantitative estimate of drug-likeness (QED) is 0.464. The third-order valence-corrected chi connectivity index (χ3v) is 2.79. The average Bonchev–Trinajstić information content (AvgIpc) is 2.46. The second-order valence-electron chi connectivity index (χ2n) is 4.51. The lowest BCUT2D eigenvalue weighted by molar-refractivity contribution is -0.139. The molecular formula is C14H21NO7. The minimum Gasteiger partial charge on any atom is -0.506 e. The highest BCUT2D eigenvalue weighted by Crippen LogP contribution is 2.23. The molecule has 0 aliphatic carbocycles. The summed E-state index contributed by atoms with van der Waals surface area (Å²) in [6, 6.07) is 0. The number of aliphatic carboxylic acids is 2. The Morgan fingerprint density at radius 3 is 1.91 bits per heavy atom. The Morgan fingerprint density at radius 1 is 1.05 bits per heavy atom. The predicted octanol–water partition coefficient (Wildman–Crippen LogP) is 0.796. The number of carbonyl (C=O) groups is 2. The van der Waals surface area contributed by atoms with E-state index in [4.69, 9.17) is 20.4 Å². The average molecular weight is 315 g/mol. The molecule has 1 aromatic rings. The van der Waals surface area contributed by atoms with Gasteiger partial charge in [0, 0.05) is 30.2 Å². The summed E-state index contributed by atoms with van der Waals surface area (Å²) in [5, 5.41) is 43.3. The molecule has 124 valence electrons. The molecular weight excluding hydrogens is 294 g/mol. The summed E-state index contributed by atoms with van der Waals surface area (Å²) in [5.41, 5.74) is 1.27. The van der Waals surface area contributed by atoms with Crippen LogP contribution in [-0.2, 0) is 22.8 Å². The number of aliphatic hydroxyl groups excluding tert-OH is 2. The van der Waals surface area contributed by atoms with E-state index in [1.165, 1.54) is 6.20 Å². The fraction of sp³-hybridized carbons (Fsp3) is 0.500. The Balaban J connectivity index is 0.000000409. The van der Waals surface area contributed by atoms with Crippen molar-refractivity contribution in [1.82, 2.24) is 4.98 Å². The van der Waals surface area contributed by atoms with Gasteiger partial charge in [0.25, 0.3) is 0 Å². The van der Waals surface area contributed by atoms with Crippen LogP contribution in [0.2, 0.25) is 0 Å². The Bertz CT molecular complexity index is 486. The summed E-state index contributed by atoms with van der Waals surface area (Å²) in [7, 11) is 0. The molecule has 8 nitrogen and oxygen atoms in total. The molecule has 0 unspecified atom stereocenters. The second-order valence-corrected chi connectivity index (χ2v) is 4.51. The van der Waals surface area contributed by atoms with Crippen molar-refractivity contribution in [3.8, 4) is 5.75 Å². The maximum atomic E-state index is 9.90. The summed E-state index contributed by atoms with van der Waals surface area (Å²) in [5.74, 6) is -1.78. The Hall–Kier alpha value is -2.19. The van der Waals surface area contributed by atoms with Crippen LogP contribution in [0.15, 0.2) is 6.20 Å². The number of aryl methyl sites for hydroxylation is 1. The van der Waals surface area contributed by atoms with Gasteiger partial charge in [-0.1, -0.05) is 0 Å². The first-order valence-corrected chi connectivity index (χ1v) is 6.65. The van der Waals surface area contributed by atoms with E-state index in [9.17, 15) is 14.7 Å². The molecule has 0 radical (unpaired) electrons. The lowest BCUT2D eigenvalue weighted by atomic mass is 10.1. The van der Waals surface area contributed by atoms with Crippen LogP contribution >= 0.6 is 0 Å². The smallest absolute Gasteiger partial charge is 0.303 e. The number of nitrogens with zero attached hydrogens (tertiary/aromatic N) is 1. The Kier molecular flexibility index (Phi) is 9.48. The van der Waals surface area contributed by atoms with Gasteiger partial charge in [-0.15, -0.1) is 0 Å². The van der Waals surface area contributed by atoms with E-state index in [1.807, 2.05) is 0 Å². The molecule has 1 heterocycles. The van der Waals surface area contributed by atoms with Gasteiger partial charge in [0.2, 0.25) is 0 Å². The number of aromatic hydroxyl groups is 1. The summed E-state index contributed by atoms with van der Waals surface area (Å²) in [6.07, 6.45) is 2.46. The van der Waals surface area contributed by atoms with E-state index in [2.05, 4.69) is 4.98 Å². The first kappa shape index (κ1) is 19.8. The molecule has 0 aromatic carbocycles. The molecule has 0 saturated carbocycles. The van der Waals surface area contributed by atoms with Crippen LogP contribution in [0.1, 0.15) is 42.5 Å². The number of pyridine rings is 1. The molecule has 0 spiro atoms. The molecule has 0 amide bonds. The Morgan fingerprint density at radius 2 is 1.55 bits per heavy atom. The fourth-order valence-corrected chi connectivity index (χ4v) is 1.55. The van der Waals surface area contributed by atoms with Gasteiger partial charge < -0.3 is 25.5 Å². The van der Waals surface area contributed by atoms with Crippen molar-refractivity contribution >= 4 is 11.9 Å². The molecule has 0 saturated heterocycles. The maximum Gasteiger partial charge on any atom is 0.303 e. The molecule has 1 aromatic heterocycles. The number of aromatic nitrogens is 1. The molecule has 0 fully saturated rings. The number of rotatable bonds is 7. The van der Waals surface area contributed by atoms with Crippen molar-refractivity contribution in [1.29, 1.82) is 0 Å². The molecule has 1 rings (SSSR count). The van der Waals surface area contributed by atoms with Gasteiger partial charge in [0.05, 0.1) is 18.9 Å². The minimum atomic E-state index is -0.870. The Labute approximate surface area is 127 Å². The first-order chi connectivity index (χ1) is 10.3.